The van der Waals surface area contributed by atoms with E-state index in [4.69, 9.17) is 5.73 Å². The van der Waals surface area contributed by atoms with E-state index in [9.17, 15) is 17.6 Å². The van der Waals surface area contributed by atoms with Gasteiger partial charge in [-0.1, -0.05) is 0 Å². The van der Waals surface area contributed by atoms with E-state index in [-0.39, 0.29) is 11.3 Å². The molecule has 1 rings (SSSR count). The molecular formula is C10H13FN2O3S. The van der Waals surface area contributed by atoms with Crippen molar-refractivity contribution in [2.75, 3.05) is 18.5 Å². The zero-order valence-electron chi connectivity index (χ0n) is 9.23. The van der Waals surface area contributed by atoms with E-state index in [1.807, 2.05) is 0 Å². The zero-order chi connectivity index (χ0) is 13.1. The lowest BCUT2D eigenvalue weighted by molar-refractivity contribution is -0.118. The van der Waals surface area contributed by atoms with Gasteiger partial charge in [0.1, 0.15) is 11.6 Å². The van der Waals surface area contributed by atoms with Crippen molar-refractivity contribution < 1.29 is 17.6 Å². The maximum atomic E-state index is 13.0. The Bertz CT molecular complexity index is 508. The molecular weight excluding hydrogens is 247 g/mol. The van der Waals surface area contributed by atoms with Gasteiger partial charge in [-0.15, -0.1) is 0 Å². The van der Waals surface area contributed by atoms with Crippen LogP contribution in [0.5, 0.6) is 0 Å². The van der Waals surface area contributed by atoms with Crippen molar-refractivity contribution in [2.24, 2.45) is 0 Å². The van der Waals surface area contributed by atoms with Crippen molar-refractivity contribution >= 4 is 21.4 Å². The summed E-state index contributed by atoms with van der Waals surface area (Å²) in [6.45, 7) is 0. The highest BCUT2D eigenvalue weighted by Crippen LogP contribution is 2.13. The third-order valence-corrected chi connectivity index (χ3v) is 3.47. The number of nitrogens with two attached hydrogens (primary N) is 1. The Morgan fingerprint density at radius 1 is 1.41 bits per heavy atom. The lowest BCUT2D eigenvalue weighted by Gasteiger charge is -2.05. The first-order valence-electron chi connectivity index (χ1n) is 4.78. The molecule has 1 aromatic carbocycles. The van der Waals surface area contributed by atoms with Gasteiger partial charge in [0.15, 0.2) is 9.84 Å². The van der Waals surface area contributed by atoms with Crippen molar-refractivity contribution in [3.05, 3.63) is 29.6 Å². The van der Waals surface area contributed by atoms with Crippen LogP contribution in [0, 0.1) is 5.82 Å². The molecule has 7 heteroatoms. The van der Waals surface area contributed by atoms with Crippen molar-refractivity contribution in [2.45, 2.75) is 5.75 Å². The third-order valence-electron chi connectivity index (χ3n) is 2.00. The minimum Gasteiger partial charge on any atom is -0.399 e. The maximum Gasteiger partial charge on any atom is 0.234 e. The number of hydrogen-bond acceptors (Lipinski definition) is 4. The predicted octanol–water partition coefficient (Wildman–Crippen LogP) is 0.0687. The van der Waals surface area contributed by atoms with Crippen LogP contribution in [0.25, 0.3) is 0 Å². The average Bonchev–Trinajstić information content (AvgIpc) is 2.13. The molecule has 5 nitrogen and oxygen atoms in total. The predicted molar refractivity (Wildman–Crippen MR) is 62.4 cm³/mol. The summed E-state index contributed by atoms with van der Waals surface area (Å²) in [6.07, 6.45) is 0. The molecule has 0 saturated heterocycles. The first-order valence-corrected chi connectivity index (χ1v) is 6.60. The minimum absolute atomic E-state index is 0.148. The van der Waals surface area contributed by atoms with Crippen molar-refractivity contribution in [1.82, 2.24) is 5.32 Å². The molecule has 0 bridgehead atoms. The number of amides is 1. The number of sulfone groups is 1. The van der Waals surface area contributed by atoms with Crippen LogP contribution in [-0.4, -0.2) is 27.1 Å². The van der Waals surface area contributed by atoms with Crippen LogP contribution in [0.4, 0.5) is 10.1 Å². The number of nitrogens with one attached hydrogen (secondary N) is 1. The molecule has 0 aliphatic heterocycles. The fourth-order valence-corrected chi connectivity index (χ4v) is 2.66. The van der Waals surface area contributed by atoms with Crippen LogP contribution in [0.1, 0.15) is 5.56 Å². The highest BCUT2D eigenvalue weighted by atomic mass is 32.2. The fourth-order valence-electron chi connectivity index (χ4n) is 1.34. The van der Waals surface area contributed by atoms with Crippen LogP contribution in [0.15, 0.2) is 18.2 Å². The van der Waals surface area contributed by atoms with Crippen LogP contribution in [0.3, 0.4) is 0 Å². The van der Waals surface area contributed by atoms with Gasteiger partial charge in [-0.05, 0) is 23.8 Å². The highest BCUT2D eigenvalue weighted by molar-refractivity contribution is 7.91. The third kappa shape index (κ3) is 4.39. The number of anilines is 1. The molecule has 0 spiro atoms. The first kappa shape index (κ1) is 13.4. The van der Waals surface area contributed by atoms with Gasteiger partial charge in [-0.3, -0.25) is 4.79 Å². The number of rotatable bonds is 4. The van der Waals surface area contributed by atoms with Crippen molar-refractivity contribution in [1.29, 1.82) is 0 Å². The van der Waals surface area contributed by atoms with Crippen LogP contribution in [-0.2, 0) is 20.4 Å². The van der Waals surface area contributed by atoms with E-state index in [0.29, 0.717) is 0 Å². The van der Waals surface area contributed by atoms with Gasteiger partial charge in [-0.25, -0.2) is 12.8 Å². The van der Waals surface area contributed by atoms with Gasteiger partial charge in [0.25, 0.3) is 0 Å². The second kappa shape index (κ2) is 5.13. The van der Waals surface area contributed by atoms with E-state index in [1.54, 1.807) is 0 Å². The molecule has 0 heterocycles. The highest BCUT2D eigenvalue weighted by Gasteiger charge is 2.17. The van der Waals surface area contributed by atoms with Gasteiger partial charge in [0.2, 0.25) is 5.91 Å². The summed E-state index contributed by atoms with van der Waals surface area (Å²) in [5.41, 5.74) is 5.77. The molecule has 1 amide bonds. The summed E-state index contributed by atoms with van der Waals surface area (Å²) in [6, 6.07) is 3.54. The summed E-state index contributed by atoms with van der Waals surface area (Å²) >= 11 is 0. The van der Waals surface area contributed by atoms with Crippen LogP contribution < -0.4 is 11.1 Å². The molecule has 17 heavy (non-hydrogen) atoms. The number of carbonyl (C=O) groups is 1. The summed E-state index contributed by atoms with van der Waals surface area (Å²) in [4.78, 5) is 11.0. The summed E-state index contributed by atoms with van der Waals surface area (Å²) in [5, 5.41) is 2.21. The molecule has 0 saturated carbocycles. The Kier molecular flexibility index (Phi) is 4.06. The van der Waals surface area contributed by atoms with Gasteiger partial charge in [0.05, 0.1) is 5.75 Å². The largest absolute Gasteiger partial charge is 0.399 e. The molecule has 0 aliphatic carbocycles. The SMILES string of the molecule is CNC(=O)CS(=O)(=O)Cc1cc(N)cc(F)c1. The zero-order valence-corrected chi connectivity index (χ0v) is 10.1. The number of halogens is 1. The average molecular weight is 260 g/mol. The van der Waals surface area contributed by atoms with Crippen LogP contribution in [0.2, 0.25) is 0 Å². The van der Waals surface area contributed by atoms with Gasteiger partial charge in [0, 0.05) is 12.7 Å². The second-order valence-electron chi connectivity index (χ2n) is 3.60. The molecule has 94 valence electrons. The number of carbonyl (C=O) groups excluding carboxylic acids is 1. The topological polar surface area (TPSA) is 89.3 Å². The number of nitrogen functional groups attached to an aromatic ring is 1. The Labute approximate surface area is 98.7 Å². The number of hydrogen-bond donors (Lipinski definition) is 2. The monoisotopic (exact) mass is 260 g/mol. The Morgan fingerprint density at radius 2 is 2.06 bits per heavy atom. The molecule has 1 aromatic rings. The number of benzene rings is 1. The van der Waals surface area contributed by atoms with Crippen molar-refractivity contribution in [3.63, 3.8) is 0 Å². The van der Waals surface area contributed by atoms with E-state index < -0.39 is 33.1 Å². The Balaban J connectivity index is 2.86. The van der Waals surface area contributed by atoms with E-state index in [0.717, 1.165) is 12.1 Å². The van der Waals surface area contributed by atoms with E-state index in [1.165, 1.54) is 13.1 Å². The molecule has 0 radical (unpaired) electrons. The second-order valence-corrected chi connectivity index (χ2v) is 5.66. The molecule has 0 atom stereocenters. The smallest absolute Gasteiger partial charge is 0.234 e. The Morgan fingerprint density at radius 3 is 2.59 bits per heavy atom. The summed E-state index contributed by atoms with van der Waals surface area (Å²) < 4.78 is 36.1. The van der Waals surface area contributed by atoms with Crippen LogP contribution >= 0.6 is 0 Å². The van der Waals surface area contributed by atoms with Gasteiger partial charge in [-0.2, -0.15) is 0 Å². The first-order chi connectivity index (χ1) is 7.82. The lowest BCUT2D eigenvalue weighted by atomic mass is 10.2. The molecule has 0 fully saturated rings. The van der Waals surface area contributed by atoms with Gasteiger partial charge >= 0.3 is 0 Å². The summed E-state index contributed by atoms with van der Waals surface area (Å²) in [7, 11) is -2.27. The maximum absolute atomic E-state index is 13.0. The lowest BCUT2D eigenvalue weighted by Crippen LogP contribution is -2.27. The normalized spacial score (nSPS) is 11.2. The Hall–Kier alpha value is -1.63. The quantitative estimate of drug-likeness (QED) is 0.750. The molecule has 0 aliphatic rings. The molecule has 0 unspecified atom stereocenters. The summed E-state index contributed by atoms with van der Waals surface area (Å²) in [5.74, 6) is -2.24. The molecule has 3 N–H and O–H groups in total. The standard InChI is InChI=1S/C10H13FN2O3S/c1-13-10(14)6-17(15,16)5-7-2-8(11)4-9(12)3-7/h2-4H,5-6,12H2,1H3,(H,13,14). The molecule has 0 aromatic heterocycles. The van der Waals surface area contributed by atoms with E-state index >= 15 is 0 Å². The fraction of sp³-hybridized carbons (Fsp3) is 0.300. The van der Waals surface area contributed by atoms with Crippen molar-refractivity contribution in [3.8, 4) is 0 Å². The van der Waals surface area contributed by atoms with Gasteiger partial charge < -0.3 is 11.1 Å². The minimum atomic E-state index is -3.61. The van der Waals surface area contributed by atoms with E-state index in [2.05, 4.69) is 5.32 Å².